The maximum atomic E-state index is 6.12. The van der Waals surface area contributed by atoms with E-state index in [1.807, 2.05) is 36.4 Å². The second kappa shape index (κ2) is 11.1. The fourth-order valence-corrected chi connectivity index (χ4v) is 4.52. The van der Waals surface area contributed by atoms with E-state index in [-0.39, 0.29) is 0 Å². The van der Waals surface area contributed by atoms with Crippen LogP contribution in [0.1, 0.15) is 19.3 Å². The third-order valence-corrected chi connectivity index (χ3v) is 6.36. The van der Waals surface area contributed by atoms with Crippen molar-refractivity contribution in [1.29, 1.82) is 0 Å². The molecular formula is C23H30N8OS. The highest BCUT2D eigenvalue weighted by Gasteiger charge is 2.19. The van der Waals surface area contributed by atoms with Gasteiger partial charge in [-0.2, -0.15) is 9.67 Å². The van der Waals surface area contributed by atoms with Crippen molar-refractivity contribution in [3.63, 3.8) is 0 Å². The van der Waals surface area contributed by atoms with E-state index in [1.54, 1.807) is 4.68 Å². The van der Waals surface area contributed by atoms with E-state index in [0.29, 0.717) is 23.6 Å². The third-order valence-electron chi connectivity index (χ3n) is 5.41. The standard InChI is InChI=1S/C23H30N8OS/c1-3-12-29(13-4-2)16-17-32-19-10-8-18(9-11-19)20-26-27-23(33-20)31-21(24)25-22(28-31)30-14-6-5-7-15-30/h3-4,8-11H,1-2,5-7,12-17H2,(H2,24,25,28). The lowest BCUT2D eigenvalue weighted by Crippen LogP contribution is -2.30. The molecule has 2 aromatic heterocycles. The molecule has 0 atom stereocenters. The molecular weight excluding hydrogens is 436 g/mol. The fraction of sp³-hybridized carbons (Fsp3) is 0.391. The van der Waals surface area contributed by atoms with Gasteiger partial charge in [-0.15, -0.1) is 28.5 Å². The van der Waals surface area contributed by atoms with Crippen LogP contribution in [-0.4, -0.2) is 69.2 Å². The second-order valence-corrected chi connectivity index (χ2v) is 8.79. The average Bonchev–Trinajstić information content (AvgIpc) is 3.47. The van der Waals surface area contributed by atoms with Crippen LogP contribution in [0.2, 0.25) is 0 Å². The summed E-state index contributed by atoms with van der Waals surface area (Å²) in [7, 11) is 0. The summed E-state index contributed by atoms with van der Waals surface area (Å²) >= 11 is 1.43. The number of nitrogen functional groups attached to an aromatic ring is 1. The predicted molar refractivity (Wildman–Crippen MR) is 133 cm³/mol. The van der Waals surface area contributed by atoms with Gasteiger partial charge in [-0.1, -0.05) is 23.5 Å². The lowest BCUT2D eigenvalue weighted by Gasteiger charge is -2.24. The molecule has 174 valence electrons. The maximum absolute atomic E-state index is 6.12. The largest absolute Gasteiger partial charge is 0.492 e. The van der Waals surface area contributed by atoms with Crippen molar-refractivity contribution >= 4 is 23.2 Å². The molecule has 1 aliphatic rings. The molecule has 1 saturated heterocycles. The monoisotopic (exact) mass is 466 g/mol. The van der Waals surface area contributed by atoms with Crippen LogP contribution in [0.3, 0.4) is 0 Å². The van der Waals surface area contributed by atoms with Crippen molar-refractivity contribution < 1.29 is 4.74 Å². The molecule has 0 aliphatic carbocycles. The Balaban J connectivity index is 1.38. The van der Waals surface area contributed by atoms with Gasteiger partial charge in [-0.05, 0) is 43.5 Å². The Bertz CT molecular complexity index is 1040. The van der Waals surface area contributed by atoms with Crippen molar-refractivity contribution in [2.75, 3.05) is 50.0 Å². The average molecular weight is 467 g/mol. The number of hydrogen-bond donors (Lipinski definition) is 1. The number of ether oxygens (including phenoxy) is 1. The summed E-state index contributed by atoms with van der Waals surface area (Å²) in [5.74, 6) is 1.79. The Labute approximate surface area is 198 Å². The summed E-state index contributed by atoms with van der Waals surface area (Å²) in [5, 5.41) is 14.6. The normalized spacial score (nSPS) is 13.9. The van der Waals surface area contributed by atoms with E-state index in [1.165, 1.54) is 17.8 Å². The maximum Gasteiger partial charge on any atom is 0.247 e. The number of benzene rings is 1. The molecule has 1 fully saturated rings. The van der Waals surface area contributed by atoms with Crippen LogP contribution in [0, 0.1) is 0 Å². The van der Waals surface area contributed by atoms with Crippen LogP contribution < -0.4 is 15.4 Å². The van der Waals surface area contributed by atoms with Crippen LogP contribution in [0.25, 0.3) is 15.7 Å². The van der Waals surface area contributed by atoms with Gasteiger partial charge < -0.3 is 15.4 Å². The minimum Gasteiger partial charge on any atom is -0.492 e. The van der Waals surface area contributed by atoms with Crippen molar-refractivity contribution in [1.82, 2.24) is 29.9 Å². The molecule has 3 aromatic rings. The number of aromatic nitrogens is 5. The van der Waals surface area contributed by atoms with E-state index in [9.17, 15) is 0 Å². The molecule has 9 nitrogen and oxygen atoms in total. The van der Waals surface area contributed by atoms with E-state index in [0.717, 1.165) is 61.9 Å². The number of anilines is 2. The Kier molecular flexibility index (Phi) is 7.69. The number of rotatable bonds is 11. The molecule has 10 heteroatoms. The SMILES string of the molecule is C=CCN(CC=C)CCOc1ccc(-c2nnc(-n3nc(N4CCCCC4)nc3N)s2)cc1. The third kappa shape index (κ3) is 5.77. The summed E-state index contributed by atoms with van der Waals surface area (Å²) in [6, 6.07) is 7.85. The summed E-state index contributed by atoms with van der Waals surface area (Å²) in [6.07, 6.45) is 7.32. The van der Waals surface area contributed by atoms with Crippen LogP contribution in [0.15, 0.2) is 49.6 Å². The Morgan fingerprint density at radius 1 is 1.06 bits per heavy atom. The highest BCUT2D eigenvalue weighted by atomic mass is 32.1. The molecule has 0 saturated carbocycles. The first-order chi connectivity index (χ1) is 16.2. The number of nitrogens with two attached hydrogens (primary N) is 1. The van der Waals surface area contributed by atoms with Gasteiger partial charge >= 0.3 is 0 Å². The van der Waals surface area contributed by atoms with Gasteiger partial charge in [-0.25, -0.2) is 0 Å². The number of nitrogens with zero attached hydrogens (tertiary/aromatic N) is 7. The zero-order chi connectivity index (χ0) is 23.0. The minimum atomic E-state index is 0.323. The van der Waals surface area contributed by atoms with Crippen molar-refractivity contribution in [2.45, 2.75) is 19.3 Å². The first kappa shape index (κ1) is 22.9. The van der Waals surface area contributed by atoms with Gasteiger partial charge in [0.1, 0.15) is 17.4 Å². The lowest BCUT2D eigenvalue weighted by atomic mass is 10.1. The molecule has 1 aliphatic heterocycles. The molecule has 33 heavy (non-hydrogen) atoms. The van der Waals surface area contributed by atoms with Crippen LogP contribution >= 0.6 is 11.3 Å². The van der Waals surface area contributed by atoms with Crippen LogP contribution in [0.5, 0.6) is 5.75 Å². The molecule has 0 bridgehead atoms. The highest BCUT2D eigenvalue weighted by Crippen LogP contribution is 2.28. The first-order valence-corrected chi connectivity index (χ1v) is 12.0. The topological polar surface area (TPSA) is 98.2 Å². The summed E-state index contributed by atoms with van der Waals surface area (Å²) in [5.41, 5.74) is 7.08. The lowest BCUT2D eigenvalue weighted by molar-refractivity contribution is 0.236. The van der Waals surface area contributed by atoms with Gasteiger partial charge in [0.2, 0.25) is 17.0 Å². The van der Waals surface area contributed by atoms with E-state index in [4.69, 9.17) is 10.5 Å². The summed E-state index contributed by atoms with van der Waals surface area (Å²) < 4.78 is 7.45. The van der Waals surface area contributed by atoms with Crippen LogP contribution in [0.4, 0.5) is 11.9 Å². The Hall–Kier alpha value is -3.24. The molecule has 2 N–H and O–H groups in total. The molecule has 0 radical (unpaired) electrons. The first-order valence-electron chi connectivity index (χ1n) is 11.2. The van der Waals surface area contributed by atoms with E-state index < -0.39 is 0 Å². The van der Waals surface area contributed by atoms with Gasteiger partial charge in [0.05, 0.1) is 0 Å². The van der Waals surface area contributed by atoms with Crippen LogP contribution in [-0.2, 0) is 0 Å². The molecule has 0 spiro atoms. The number of hydrogen-bond acceptors (Lipinski definition) is 9. The Morgan fingerprint density at radius 3 is 2.48 bits per heavy atom. The van der Waals surface area contributed by atoms with Gasteiger partial charge in [0.15, 0.2) is 0 Å². The van der Waals surface area contributed by atoms with Crippen molar-refractivity contribution in [3.8, 4) is 21.5 Å². The smallest absolute Gasteiger partial charge is 0.247 e. The summed E-state index contributed by atoms with van der Waals surface area (Å²) in [6.45, 7) is 12.5. The van der Waals surface area contributed by atoms with Gasteiger partial charge in [0.25, 0.3) is 0 Å². The number of piperidine rings is 1. The second-order valence-electron chi connectivity index (χ2n) is 7.83. The van der Waals surface area contributed by atoms with Crippen molar-refractivity contribution in [3.05, 3.63) is 49.6 Å². The molecule has 4 rings (SSSR count). The fourth-order valence-electron chi connectivity index (χ4n) is 3.71. The van der Waals surface area contributed by atoms with Crippen molar-refractivity contribution in [2.24, 2.45) is 0 Å². The zero-order valence-electron chi connectivity index (χ0n) is 18.8. The molecule has 0 unspecified atom stereocenters. The Morgan fingerprint density at radius 2 is 1.79 bits per heavy atom. The molecule has 1 aromatic carbocycles. The zero-order valence-corrected chi connectivity index (χ0v) is 19.6. The molecule has 3 heterocycles. The van der Waals surface area contributed by atoms with Gasteiger partial charge in [0, 0.05) is 38.3 Å². The minimum absolute atomic E-state index is 0.323. The van der Waals surface area contributed by atoms with Gasteiger partial charge in [-0.3, -0.25) is 4.90 Å². The molecule has 0 amide bonds. The quantitative estimate of drug-likeness (QED) is 0.429. The highest BCUT2D eigenvalue weighted by molar-refractivity contribution is 7.17. The summed E-state index contributed by atoms with van der Waals surface area (Å²) in [4.78, 5) is 8.82. The van der Waals surface area contributed by atoms with E-state index in [2.05, 4.69) is 43.2 Å². The predicted octanol–water partition coefficient (Wildman–Crippen LogP) is 3.41. The van der Waals surface area contributed by atoms with E-state index >= 15 is 0 Å².